The van der Waals surface area contributed by atoms with Crippen LogP contribution in [-0.2, 0) is 4.79 Å². The van der Waals surface area contributed by atoms with Crippen LogP contribution in [-0.4, -0.2) is 50.1 Å². The van der Waals surface area contributed by atoms with E-state index in [4.69, 9.17) is 5.73 Å². The molecule has 0 spiro atoms. The van der Waals surface area contributed by atoms with E-state index >= 15 is 0 Å². The lowest BCUT2D eigenvalue weighted by molar-refractivity contribution is -0.108. The molecule has 0 radical (unpaired) electrons. The van der Waals surface area contributed by atoms with Crippen LogP contribution >= 0.6 is 0 Å². The second-order valence-electron chi connectivity index (χ2n) is 2.89. The van der Waals surface area contributed by atoms with Crippen LogP contribution in [0.1, 0.15) is 13.3 Å². The highest BCUT2D eigenvalue weighted by atomic mass is 16.1. The molecule has 0 saturated carbocycles. The molecule has 0 bridgehead atoms. The van der Waals surface area contributed by atoms with Gasteiger partial charge in [-0.1, -0.05) is 6.92 Å². The number of nitrogens with two attached hydrogens (primary N) is 1. The summed E-state index contributed by atoms with van der Waals surface area (Å²) < 4.78 is 0. The van der Waals surface area contributed by atoms with Crippen LogP contribution in [0.2, 0.25) is 0 Å². The number of hydrazone groups is 1. The molecule has 0 rings (SSSR count). The second kappa shape index (κ2) is 8.65. The number of carbonyl (C=O) groups is 1. The monoisotopic (exact) mass is 200 g/mol. The molecule has 1 unspecified atom stereocenters. The lowest BCUT2D eigenvalue weighted by Gasteiger charge is -2.25. The smallest absolute Gasteiger partial charge is 0.121 e. The van der Waals surface area contributed by atoms with Crippen LogP contribution in [0.5, 0.6) is 0 Å². The molecule has 0 heterocycles. The highest BCUT2D eigenvalue weighted by Crippen LogP contribution is 1.99. The first-order valence-corrected chi connectivity index (χ1v) is 4.87. The van der Waals surface area contributed by atoms with Crippen LogP contribution in [0.4, 0.5) is 0 Å². The highest BCUT2D eigenvalue weighted by Gasteiger charge is 2.13. The average Bonchev–Trinajstić information content (AvgIpc) is 2.21. The fourth-order valence-electron chi connectivity index (χ4n) is 1.29. The van der Waals surface area contributed by atoms with Crippen molar-refractivity contribution in [1.29, 1.82) is 0 Å². The predicted octanol–water partition coefficient (Wildman–Crippen LogP) is -0.570. The normalized spacial score (nSPS) is 13.4. The molecule has 0 aliphatic carbocycles. The van der Waals surface area contributed by atoms with Crippen molar-refractivity contribution in [2.24, 2.45) is 10.8 Å². The van der Waals surface area contributed by atoms with Crippen molar-refractivity contribution in [2.45, 2.75) is 19.4 Å². The van der Waals surface area contributed by atoms with E-state index in [0.29, 0.717) is 13.0 Å². The van der Waals surface area contributed by atoms with Crippen molar-refractivity contribution in [2.75, 3.05) is 26.7 Å². The van der Waals surface area contributed by atoms with Gasteiger partial charge in [0.05, 0.1) is 6.04 Å². The molecule has 5 heteroatoms. The van der Waals surface area contributed by atoms with E-state index < -0.39 is 0 Å². The first-order valence-electron chi connectivity index (χ1n) is 4.87. The Labute approximate surface area is 85.3 Å². The van der Waals surface area contributed by atoms with Crippen LogP contribution in [0.25, 0.3) is 0 Å². The highest BCUT2D eigenvalue weighted by molar-refractivity contribution is 5.69. The van der Waals surface area contributed by atoms with E-state index in [0.717, 1.165) is 19.4 Å². The van der Waals surface area contributed by atoms with Gasteiger partial charge in [-0.15, -0.1) is 0 Å². The number of likely N-dealkylation sites (N-methyl/N-ethyl adjacent to an activating group) is 1. The molecule has 3 N–H and O–H groups in total. The Hall–Kier alpha value is -0.940. The van der Waals surface area contributed by atoms with E-state index in [9.17, 15) is 4.79 Å². The van der Waals surface area contributed by atoms with Crippen molar-refractivity contribution >= 4 is 12.5 Å². The van der Waals surface area contributed by atoms with Gasteiger partial charge in [0.2, 0.25) is 0 Å². The standard InChI is InChI=1S/C9H20N4O/c1-3-13(6-5-10)9(4-7-14)8-12-11-2/h7-9,11H,3-6,10H2,1-2H3/b12-8-. The van der Waals surface area contributed by atoms with E-state index in [1.165, 1.54) is 0 Å². The zero-order valence-corrected chi connectivity index (χ0v) is 8.94. The molecule has 0 aliphatic rings. The zero-order valence-electron chi connectivity index (χ0n) is 8.94. The third-order valence-electron chi connectivity index (χ3n) is 2.00. The second-order valence-corrected chi connectivity index (χ2v) is 2.89. The van der Waals surface area contributed by atoms with Gasteiger partial charge in [0.25, 0.3) is 0 Å². The van der Waals surface area contributed by atoms with Crippen LogP contribution in [0.15, 0.2) is 5.10 Å². The average molecular weight is 200 g/mol. The molecule has 0 aromatic heterocycles. The molecular weight excluding hydrogens is 180 g/mol. The summed E-state index contributed by atoms with van der Waals surface area (Å²) in [7, 11) is 1.73. The SMILES string of the molecule is CCN(CCN)C(/C=N\NC)CC=O. The summed E-state index contributed by atoms with van der Waals surface area (Å²) in [6, 6.07) is 0.0495. The maximum Gasteiger partial charge on any atom is 0.121 e. The Morgan fingerprint density at radius 1 is 1.64 bits per heavy atom. The Morgan fingerprint density at radius 2 is 2.36 bits per heavy atom. The number of hydrogen-bond donors (Lipinski definition) is 2. The number of nitrogens with one attached hydrogen (secondary N) is 1. The summed E-state index contributed by atoms with van der Waals surface area (Å²) in [5.41, 5.74) is 8.15. The van der Waals surface area contributed by atoms with Gasteiger partial charge in [-0.25, -0.2) is 0 Å². The first kappa shape index (κ1) is 13.1. The number of nitrogens with zero attached hydrogens (tertiary/aromatic N) is 2. The quantitative estimate of drug-likeness (QED) is 0.313. The Bertz CT molecular complexity index is 172. The molecule has 0 aliphatic heterocycles. The number of aldehydes is 1. The predicted molar refractivity (Wildman–Crippen MR) is 58.3 cm³/mol. The van der Waals surface area contributed by atoms with Gasteiger partial charge >= 0.3 is 0 Å². The van der Waals surface area contributed by atoms with E-state index in [-0.39, 0.29) is 6.04 Å². The van der Waals surface area contributed by atoms with Gasteiger partial charge in [0, 0.05) is 32.8 Å². The lowest BCUT2D eigenvalue weighted by Crippen LogP contribution is -2.40. The minimum Gasteiger partial charge on any atom is -0.329 e. The topological polar surface area (TPSA) is 70.7 Å². The third kappa shape index (κ3) is 4.94. The van der Waals surface area contributed by atoms with Crippen molar-refractivity contribution in [3.63, 3.8) is 0 Å². The fraction of sp³-hybridized carbons (Fsp3) is 0.778. The summed E-state index contributed by atoms with van der Waals surface area (Å²) in [6.07, 6.45) is 3.11. The van der Waals surface area contributed by atoms with E-state index in [1.807, 2.05) is 6.92 Å². The summed E-state index contributed by atoms with van der Waals surface area (Å²) in [4.78, 5) is 12.6. The minimum atomic E-state index is 0.0495. The van der Waals surface area contributed by atoms with Gasteiger partial charge in [0.1, 0.15) is 6.29 Å². The molecule has 1 atom stereocenters. The molecule has 0 fully saturated rings. The van der Waals surface area contributed by atoms with Crippen molar-refractivity contribution in [3.05, 3.63) is 0 Å². The van der Waals surface area contributed by atoms with E-state index in [1.54, 1.807) is 13.3 Å². The van der Waals surface area contributed by atoms with Gasteiger partial charge < -0.3 is 16.0 Å². The Balaban J connectivity index is 4.25. The lowest BCUT2D eigenvalue weighted by atomic mass is 10.2. The van der Waals surface area contributed by atoms with Crippen LogP contribution in [0.3, 0.4) is 0 Å². The maximum atomic E-state index is 10.5. The molecule has 14 heavy (non-hydrogen) atoms. The Morgan fingerprint density at radius 3 is 2.79 bits per heavy atom. The van der Waals surface area contributed by atoms with Crippen molar-refractivity contribution < 1.29 is 4.79 Å². The van der Waals surface area contributed by atoms with Crippen molar-refractivity contribution in [1.82, 2.24) is 10.3 Å². The first-order chi connectivity index (χ1) is 6.79. The zero-order chi connectivity index (χ0) is 10.8. The molecule has 5 nitrogen and oxygen atoms in total. The van der Waals surface area contributed by atoms with Crippen LogP contribution in [0, 0.1) is 0 Å². The van der Waals surface area contributed by atoms with E-state index in [2.05, 4.69) is 15.4 Å². The fourth-order valence-corrected chi connectivity index (χ4v) is 1.29. The largest absolute Gasteiger partial charge is 0.329 e. The molecule has 0 saturated heterocycles. The number of carbonyl (C=O) groups excluding carboxylic acids is 1. The molecule has 0 aromatic carbocycles. The maximum absolute atomic E-state index is 10.5. The summed E-state index contributed by atoms with van der Waals surface area (Å²) in [5, 5.41) is 3.93. The molecule has 0 amide bonds. The molecular formula is C9H20N4O. The molecule has 0 aromatic rings. The number of rotatable bonds is 8. The molecule has 82 valence electrons. The van der Waals surface area contributed by atoms with Gasteiger partial charge in [-0.3, -0.25) is 4.90 Å². The minimum absolute atomic E-state index is 0.0495. The summed E-state index contributed by atoms with van der Waals surface area (Å²) >= 11 is 0. The summed E-state index contributed by atoms with van der Waals surface area (Å²) in [6.45, 7) is 4.29. The van der Waals surface area contributed by atoms with Gasteiger partial charge in [0.15, 0.2) is 0 Å². The van der Waals surface area contributed by atoms with Crippen molar-refractivity contribution in [3.8, 4) is 0 Å². The van der Waals surface area contributed by atoms with Gasteiger partial charge in [-0.2, -0.15) is 5.10 Å². The number of hydrogen-bond acceptors (Lipinski definition) is 5. The van der Waals surface area contributed by atoms with Crippen LogP contribution < -0.4 is 11.2 Å². The summed E-state index contributed by atoms with van der Waals surface area (Å²) in [5.74, 6) is 0. The third-order valence-corrected chi connectivity index (χ3v) is 2.00. The van der Waals surface area contributed by atoms with Gasteiger partial charge in [-0.05, 0) is 6.54 Å². The Kier molecular flexibility index (Phi) is 8.07.